The number of thiazole rings is 1. The Balaban J connectivity index is 1.90. The normalized spacial score (nSPS) is 17.2. The molecule has 4 rings (SSSR count). The number of nitrogen functional groups attached to an aromatic ring is 1. The van der Waals surface area contributed by atoms with E-state index in [4.69, 9.17) is 17.3 Å². The van der Waals surface area contributed by atoms with Gasteiger partial charge in [0.05, 0.1) is 24.8 Å². The molecule has 10 heteroatoms. The predicted molar refractivity (Wildman–Crippen MR) is 112 cm³/mol. The smallest absolute Gasteiger partial charge is 0.222 e. The van der Waals surface area contributed by atoms with Crippen molar-refractivity contribution in [3.8, 4) is 0 Å². The first kappa shape index (κ1) is 20.0. The summed E-state index contributed by atoms with van der Waals surface area (Å²) in [5.74, 6) is 0.428. The Morgan fingerprint density at radius 1 is 1.31 bits per heavy atom. The van der Waals surface area contributed by atoms with Gasteiger partial charge in [0.1, 0.15) is 15.6 Å². The molecule has 0 spiro atoms. The van der Waals surface area contributed by atoms with Gasteiger partial charge in [0.2, 0.25) is 5.95 Å². The Morgan fingerprint density at radius 3 is 2.72 bits per heavy atom. The predicted octanol–water partition coefficient (Wildman–Crippen LogP) is 1.80. The first-order valence-electron chi connectivity index (χ1n) is 8.87. The highest BCUT2D eigenvalue weighted by molar-refractivity contribution is 7.09. The Kier molecular flexibility index (Phi) is 4.96. The fourth-order valence-corrected chi connectivity index (χ4v) is 4.55. The van der Waals surface area contributed by atoms with Gasteiger partial charge in [0, 0.05) is 23.8 Å². The molecular weight excluding hydrogens is 414 g/mol. The van der Waals surface area contributed by atoms with Crippen molar-refractivity contribution in [2.45, 2.75) is 17.9 Å². The van der Waals surface area contributed by atoms with E-state index in [1.54, 1.807) is 41.6 Å². The van der Waals surface area contributed by atoms with Crippen LogP contribution in [0.4, 0.5) is 17.5 Å². The van der Waals surface area contributed by atoms with Crippen LogP contribution in [0.3, 0.4) is 0 Å². The van der Waals surface area contributed by atoms with Gasteiger partial charge in [-0.25, -0.2) is 9.97 Å². The second-order valence-electron chi connectivity index (χ2n) is 7.22. The first-order chi connectivity index (χ1) is 13.8. The Morgan fingerprint density at radius 2 is 2.07 bits per heavy atom. The van der Waals surface area contributed by atoms with Crippen LogP contribution in [0.2, 0.25) is 5.02 Å². The molecule has 1 unspecified atom stereocenters. The molecule has 1 aliphatic heterocycles. The summed E-state index contributed by atoms with van der Waals surface area (Å²) < 4.78 is 0. The van der Waals surface area contributed by atoms with E-state index >= 15 is 0 Å². The number of hydrogen-bond donors (Lipinski definition) is 4. The maximum atomic E-state index is 11.1. The zero-order chi connectivity index (χ0) is 20.8. The van der Waals surface area contributed by atoms with E-state index in [0.29, 0.717) is 22.1 Å². The number of anilines is 3. The number of nitrogens with zero attached hydrogens (tertiary/aromatic N) is 4. The molecule has 152 valence electrons. The fourth-order valence-electron chi connectivity index (χ4n) is 3.64. The standard InChI is InChI=1S/C19H20ClN5O3S/c1-18(28,16-22-4-5-29-16)11-2-3-12-14(6-11)25(8-19(12,9-26)10-27)15-13(20)7-23-17(21)24-15/h2-7,26-28H,8-10H2,1H3,(H2,21,23,24). The van der Waals surface area contributed by atoms with Crippen LogP contribution in [-0.2, 0) is 11.0 Å². The van der Waals surface area contributed by atoms with Crippen molar-refractivity contribution in [2.24, 2.45) is 0 Å². The number of fused-ring (bicyclic) bond motifs is 1. The molecule has 0 saturated carbocycles. The minimum absolute atomic E-state index is 0.0578. The summed E-state index contributed by atoms with van der Waals surface area (Å²) in [6, 6.07) is 5.38. The number of aromatic nitrogens is 3. The SMILES string of the molecule is CC(O)(c1ccc2c(c1)N(c1nc(N)ncc1Cl)CC2(CO)CO)c1nccs1. The summed E-state index contributed by atoms with van der Waals surface area (Å²) in [5.41, 5.74) is 5.54. The average Bonchev–Trinajstić information content (AvgIpc) is 3.37. The van der Waals surface area contributed by atoms with Crippen molar-refractivity contribution in [3.05, 3.63) is 57.1 Å². The number of halogens is 1. The lowest BCUT2D eigenvalue weighted by atomic mass is 9.82. The summed E-state index contributed by atoms with van der Waals surface area (Å²) in [7, 11) is 0. The van der Waals surface area contributed by atoms with E-state index in [-0.39, 0.29) is 30.7 Å². The van der Waals surface area contributed by atoms with Crippen LogP contribution in [0, 0.1) is 0 Å². The van der Waals surface area contributed by atoms with E-state index < -0.39 is 11.0 Å². The molecule has 3 aromatic rings. The number of aliphatic hydroxyl groups excluding tert-OH is 2. The minimum atomic E-state index is -1.31. The second-order valence-corrected chi connectivity index (χ2v) is 8.53. The van der Waals surface area contributed by atoms with Crippen LogP contribution >= 0.6 is 22.9 Å². The van der Waals surface area contributed by atoms with Gasteiger partial charge in [-0.2, -0.15) is 4.98 Å². The van der Waals surface area contributed by atoms with Crippen LogP contribution in [-0.4, -0.2) is 50.0 Å². The Hall–Kier alpha value is -2.30. The van der Waals surface area contributed by atoms with Crippen molar-refractivity contribution in [2.75, 3.05) is 30.4 Å². The van der Waals surface area contributed by atoms with Crippen molar-refractivity contribution in [1.29, 1.82) is 0 Å². The lowest BCUT2D eigenvalue weighted by Crippen LogP contribution is -2.39. The van der Waals surface area contributed by atoms with Gasteiger partial charge in [-0.1, -0.05) is 23.7 Å². The van der Waals surface area contributed by atoms with E-state index in [9.17, 15) is 15.3 Å². The van der Waals surface area contributed by atoms with E-state index in [0.717, 1.165) is 5.56 Å². The van der Waals surface area contributed by atoms with Gasteiger partial charge in [-0.15, -0.1) is 11.3 Å². The molecule has 0 saturated heterocycles. The number of aliphatic hydroxyl groups is 3. The van der Waals surface area contributed by atoms with Crippen LogP contribution in [0.5, 0.6) is 0 Å². The summed E-state index contributed by atoms with van der Waals surface area (Å²) in [4.78, 5) is 14.2. The topological polar surface area (TPSA) is 129 Å². The average molecular weight is 434 g/mol. The summed E-state index contributed by atoms with van der Waals surface area (Å²) in [6.07, 6.45) is 3.05. The molecular formula is C19H20ClN5O3S. The third-order valence-electron chi connectivity index (χ3n) is 5.34. The van der Waals surface area contributed by atoms with Crippen molar-refractivity contribution >= 4 is 40.4 Å². The molecule has 0 fully saturated rings. The highest BCUT2D eigenvalue weighted by Gasteiger charge is 2.44. The lowest BCUT2D eigenvalue weighted by molar-refractivity contribution is 0.102. The molecule has 1 aliphatic rings. The van der Waals surface area contributed by atoms with Crippen molar-refractivity contribution in [3.63, 3.8) is 0 Å². The van der Waals surface area contributed by atoms with Crippen molar-refractivity contribution < 1.29 is 15.3 Å². The Labute approximate surface area is 176 Å². The monoisotopic (exact) mass is 433 g/mol. The lowest BCUT2D eigenvalue weighted by Gasteiger charge is -2.26. The van der Waals surface area contributed by atoms with Gasteiger partial charge < -0.3 is 26.0 Å². The molecule has 8 nitrogen and oxygen atoms in total. The summed E-state index contributed by atoms with van der Waals surface area (Å²) in [5, 5.41) is 34.0. The maximum Gasteiger partial charge on any atom is 0.222 e. The zero-order valence-corrected chi connectivity index (χ0v) is 17.2. The third-order valence-corrected chi connectivity index (χ3v) is 6.59. The molecule has 3 heterocycles. The molecule has 1 atom stereocenters. The maximum absolute atomic E-state index is 11.1. The number of nitrogens with two attached hydrogens (primary N) is 1. The van der Waals surface area contributed by atoms with Gasteiger partial charge in [0.25, 0.3) is 0 Å². The van der Waals surface area contributed by atoms with Crippen LogP contribution < -0.4 is 10.6 Å². The Bertz CT molecular complexity index is 1040. The summed E-state index contributed by atoms with van der Waals surface area (Å²) >= 11 is 7.68. The number of hydrogen-bond acceptors (Lipinski definition) is 9. The molecule has 0 bridgehead atoms. The van der Waals surface area contributed by atoms with Crippen LogP contribution in [0.15, 0.2) is 36.0 Å². The highest BCUT2D eigenvalue weighted by atomic mass is 35.5. The molecule has 29 heavy (non-hydrogen) atoms. The molecule has 5 N–H and O–H groups in total. The minimum Gasteiger partial charge on any atom is -0.395 e. The van der Waals surface area contributed by atoms with Gasteiger partial charge in [0.15, 0.2) is 5.82 Å². The van der Waals surface area contributed by atoms with E-state index in [2.05, 4.69) is 15.0 Å². The van der Waals surface area contributed by atoms with E-state index in [1.165, 1.54) is 17.5 Å². The number of benzene rings is 1. The molecule has 0 radical (unpaired) electrons. The van der Waals surface area contributed by atoms with Gasteiger partial charge in [-0.3, -0.25) is 0 Å². The van der Waals surface area contributed by atoms with Gasteiger partial charge >= 0.3 is 0 Å². The molecule has 0 amide bonds. The van der Waals surface area contributed by atoms with Crippen molar-refractivity contribution in [1.82, 2.24) is 15.0 Å². The zero-order valence-electron chi connectivity index (χ0n) is 15.6. The highest BCUT2D eigenvalue weighted by Crippen LogP contribution is 2.47. The van der Waals surface area contributed by atoms with Gasteiger partial charge in [-0.05, 0) is 24.1 Å². The first-order valence-corrected chi connectivity index (χ1v) is 10.1. The van der Waals surface area contributed by atoms with Crippen LogP contribution in [0.25, 0.3) is 0 Å². The fraction of sp³-hybridized carbons (Fsp3) is 0.316. The second kappa shape index (κ2) is 7.19. The molecule has 1 aromatic carbocycles. The van der Waals surface area contributed by atoms with Crippen LogP contribution in [0.1, 0.15) is 23.1 Å². The molecule has 0 aliphatic carbocycles. The largest absolute Gasteiger partial charge is 0.395 e. The van der Waals surface area contributed by atoms with E-state index in [1.807, 2.05) is 0 Å². The third kappa shape index (κ3) is 3.15. The molecule has 2 aromatic heterocycles. The quantitative estimate of drug-likeness (QED) is 0.479. The summed E-state index contributed by atoms with van der Waals surface area (Å²) in [6.45, 7) is 1.38. The number of rotatable bonds is 5.